The van der Waals surface area contributed by atoms with E-state index in [1.54, 1.807) is 23.0 Å². The number of carbonyl (C=O) groups is 1. The van der Waals surface area contributed by atoms with Crippen LogP contribution >= 0.6 is 0 Å². The Labute approximate surface area is 151 Å². The summed E-state index contributed by atoms with van der Waals surface area (Å²) in [6.45, 7) is 1.65. The highest BCUT2D eigenvalue weighted by atomic mass is 16.1. The molecule has 1 amide bonds. The molecule has 4 rings (SSSR count). The predicted octanol–water partition coefficient (Wildman–Crippen LogP) is 1.28. The van der Waals surface area contributed by atoms with Gasteiger partial charge in [0.1, 0.15) is 0 Å². The fourth-order valence-electron chi connectivity index (χ4n) is 3.92. The van der Waals surface area contributed by atoms with Crippen LogP contribution in [0.2, 0.25) is 0 Å². The lowest BCUT2D eigenvalue weighted by Crippen LogP contribution is -2.42. The molecule has 0 spiro atoms. The standard InChI is InChI=1S/C18H23N7O/c1-23-7-3-4-13(16(23)14-11-19-12-24(14)2)10-22-18(26)15-17-21-6-9-25(17)8-5-20-15/h5-6,8-9,11-13,16H,3-4,7,10H2,1-2H3,(H,22,26)/t13-,16+/m0/s1. The van der Waals surface area contributed by atoms with Gasteiger partial charge in [-0.3, -0.25) is 9.69 Å². The molecule has 1 N–H and O–H groups in total. The van der Waals surface area contributed by atoms with Crippen LogP contribution in [0.5, 0.6) is 0 Å². The molecule has 0 bridgehead atoms. The van der Waals surface area contributed by atoms with Gasteiger partial charge in [-0.05, 0) is 32.4 Å². The zero-order valence-electron chi connectivity index (χ0n) is 15.0. The van der Waals surface area contributed by atoms with Crippen LogP contribution in [0.25, 0.3) is 5.65 Å². The van der Waals surface area contributed by atoms with Crippen LogP contribution < -0.4 is 5.32 Å². The number of hydrogen-bond donors (Lipinski definition) is 1. The van der Waals surface area contributed by atoms with E-state index in [9.17, 15) is 4.79 Å². The molecule has 1 saturated heterocycles. The van der Waals surface area contributed by atoms with Crippen molar-refractivity contribution < 1.29 is 4.79 Å². The largest absolute Gasteiger partial charge is 0.350 e. The maximum atomic E-state index is 12.7. The summed E-state index contributed by atoms with van der Waals surface area (Å²) in [4.78, 5) is 27.8. The van der Waals surface area contributed by atoms with Gasteiger partial charge in [-0.1, -0.05) is 0 Å². The molecule has 3 aromatic heterocycles. The highest BCUT2D eigenvalue weighted by molar-refractivity contribution is 5.97. The molecule has 4 heterocycles. The summed E-state index contributed by atoms with van der Waals surface area (Å²) in [5.41, 5.74) is 2.12. The number of aromatic nitrogens is 5. The Morgan fingerprint density at radius 3 is 2.85 bits per heavy atom. The fraction of sp³-hybridized carbons (Fsp3) is 0.444. The van der Waals surface area contributed by atoms with Crippen molar-refractivity contribution in [2.75, 3.05) is 20.1 Å². The molecule has 0 aromatic carbocycles. The second-order valence-corrected chi connectivity index (χ2v) is 6.90. The first-order valence-corrected chi connectivity index (χ1v) is 8.87. The van der Waals surface area contributed by atoms with E-state index < -0.39 is 0 Å². The van der Waals surface area contributed by atoms with Crippen molar-refractivity contribution in [1.82, 2.24) is 34.1 Å². The first kappa shape index (κ1) is 16.7. The fourth-order valence-corrected chi connectivity index (χ4v) is 3.92. The Bertz CT molecular complexity index is 915. The number of piperidine rings is 1. The van der Waals surface area contributed by atoms with Gasteiger partial charge in [-0.15, -0.1) is 0 Å². The number of nitrogens with one attached hydrogen (secondary N) is 1. The van der Waals surface area contributed by atoms with Crippen LogP contribution in [0, 0.1) is 5.92 Å². The maximum absolute atomic E-state index is 12.7. The van der Waals surface area contributed by atoms with E-state index in [2.05, 4.69) is 36.8 Å². The summed E-state index contributed by atoms with van der Waals surface area (Å²) >= 11 is 0. The number of aryl methyl sites for hydroxylation is 1. The average molecular weight is 353 g/mol. The van der Waals surface area contributed by atoms with Crippen molar-refractivity contribution in [1.29, 1.82) is 0 Å². The van der Waals surface area contributed by atoms with Crippen molar-refractivity contribution in [3.8, 4) is 0 Å². The summed E-state index contributed by atoms with van der Waals surface area (Å²) in [5, 5.41) is 3.07. The van der Waals surface area contributed by atoms with Crippen LogP contribution in [0.3, 0.4) is 0 Å². The van der Waals surface area contributed by atoms with Crippen LogP contribution in [-0.2, 0) is 7.05 Å². The second kappa shape index (κ2) is 6.87. The molecule has 1 aliphatic rings. The van der Waals surface area contributed by atoms with Crippen molar-refractivity contribution >= 4 is 11.6 Å². The highest BCUT2D eigenvalue weighted by Crippen LogP contribution is 2.34. The van der Waals surface area contributed by atoms with Crippen molar-refractivity contribution in [3.63, 3.8) is 0 Å². The van der Waals surface area contributed by atoms with Gasteiger partial charge in [0.25, 0.3) is 5.91 Å². The van der Waals surface area contributed by atoms with Crippen LogP contribution in [-0.4, -0.2) is 54.9 Å². The number of rotatable bonds is 4. The van der Waals surface area contributed by atoms with Crippen molar-refractivity contribution in [3.05, 3.63) is 48.7 Å². The number of carbonyl (C=O) groups excluding carboxylic acids is 1. The lowest BCUT2D eigenvalue weighted by Gasteiger charge is -2.39. The zero-order chi connectivity index (χ0) is 18.1. The smallest absolute Gasteiger partial charge is 0.273 e. The topological polar surface area (TPSA) is 80.3 Å². The average Bonchev–Trinajstić information content (AvgIpc) is 3.28. The van der Waals surface area contributed by atoms with E-state index in [-0.39, 0.29) is 11.9 Å². The number of nitrogens with zero attached hydrogens (tertiary/aromatic N) is 6. The molecule has 26 heavy (non-hydrogen) atoms. The molecule has 0 radical (unpaired) electrons. The molecular formula is C18H23N7O. The lowest BCUT2D eigenvalue weighted by molar-refractivity contribution is 0.0878. The number of likely N-dealkylation sites (tertiary alicyclic amines) is 1. The minimum atomic E-state index is -0.182. The molecule has 136 valence electrons. The third kappa shape index (κ3) is 2.96. The molecule has 0 saturated carbocycles. The Kier molecular flexibility index (Phi) is 4.42. The Balaban J connectivity index is 1.51. The molecule has 1 aliphatic heterocycles. The minimum Gasteiger partial charge on any atom is -0.350 e. The molecule has 8 heteroatoms. The van der Waals surface area contributed by atoms with Crippen LogP contribution in [0.15, 0.2) is 37.3 Å². The van der Waals surface area contributed by atoms with Gasteiger partial charge in [0.15, 0.2) is 11.3 Å². The third-order valence-corrected chi connectivity index (χ3v) is 5.22. The number of fused-ring (bicyclic) bond motifs is 1. The van der Waals surface area contributed by atoms with Gasteiger partial charge < -0.3 is 14.3 Å². The highest BCUT2D eigenvalue weighted by Gasteiger charge is 2.32. The summed E-state index contributed by atoms with van der Waals surface area (Å²) in [6, 6.07) is 0.242. The number of hydrogen-bond acceptors (Lipinski definition) is 5. The van der Waals surface area contributed by atoms with Crippen LogP contribution in [0.4, 0.5) is 0 Å². The van der Waals surface area contributed by atoms with Gasteiger partial charge in [0.2, 0.25) is 0 Å². The molecule has 1 fully saturated rings. The molecule has 0 aliphatic carbocycles. The monoisotopic (exact) mass is 353 g/mol. The van der Waals surface area contributed by atoms with Gasteiger partial charge in [-0.25, -0.2) is 15.0 Å². The van der Waals surface area contributed by atoms with Crippen molar-refractivity contribution in [2.24, 2.45) is 13.0 Å². The van der Waals surface area contributed by atoms with Gasteiger partial charge in [0.05, 0.1) is 18.1 Å². The molecule has 3 aromatic rings. The first-order valence-electron chi connectivity index (χ1n) is 8.87. The van der Waals surface area contributed by atoms with E-state index >= 15 is 0 Å². The Morgan fingerprint density at radius 1 is 1.27 bits per heavy atom. The van der Waals surface area contributed by atoms with E-state index in [0.717, 1.165) is 19.4 Å². The number of imidazole rings is 2. The predicted molar refractivity (Wildman–Crippen MR) is 96.6 cm³/mol. The summed E-state index contributed by atoms with van der Waals surface area (Å²) in [7, 11) is 4.15. The van der Waals surface area contributed by atoms with Crippen molar-refractivity contribution in [2.45, 2.75) is 18.9 Å². The normalized spacial score (nSPS) is 21.2. The number of amides is 1. The van der Waals surface area contributed by atoms with Gasteiger partial charge in [0, 0.05) is 44.6 Å². The molecule has 8 nitrogen and oxygen atoms in total. The van der Waals surface area contributed by atoms with Crippen LogP contribution in [0.1, 0.15) is 35.1 Å². The maximum Gasteiger partial charge on any atom is 0.273 e. The molecule has 0 unspecified atom stereocenters. The third-order valence-electron chi connectivity index (χ3n) is 5.22. The zero-order valence-corrected chi connectivity index (χ0v) is 15.0. The second-order valence-electron chi connectivity index (χ2n) is 6.90. The summed E-state index contributed by atoms with van der Waals surface area (Å²) in [5.74, 6) is 0.145. The quantitative estimate of drug-likeness (QED) is 0.764. The Hall–Kier alpha value is -2.74. The van der Waals surface area contributed by atoms with Gasteiger partial charge >= 0.3 is 0 Å². The van der Waals surface area contributed by atoms with E-state index in [0.29, 0.717) is 23.8 Å². The SMILES string of the molecule is CN1CCC[C@@H](CNC(=O)c2nccn3ccnc23)[C@@H]1c1cncn1C. The van der Waals surface area contributed by atoms with E-state index in [4.69, 9.17) is 0 Å². The summed E-state index contributed by atoms with van der Waals surface area (Å²) < 4.78 is 3.86. The van der Waals surface area contributed by atoms with E-state index in [1.165, 1.54) is 5.69 Å². The molecule has 2 atom stereocenters. The lowest BCUT2D eigenvalue weighted by atomic mass is 9.87. The summed E-state index contributed by atoms with van der Waals surface area (Å²) in [6.07, 6.45) is 12.8. The minimum absolute atomic E-state index is 0.182. The Morgan fingerprint density at radius 2 is 2.08 bits per heavy atom. The molecular weight excluding hydrogens is 330 g/mol. The van der Waals surface area contributed by atoms with Gasteiger partial charge in [-0.2, -0.15) is 0 Å². The van der Waals surface area contributed by atoms with E-state index in [1.807, 2.05) is 25.8 Å². The first-order chi connectivity index (χ1) is 12.6.